The molecule has 104 valence electrons. The molecule has 0 amide bonds. The van der Waals surface area contributed by atoms with Crippen molar-refractivity contribution >= 4 is 0 Å². The largest absolute Gasteiger partial charge is 0.472 e. The van der Waals surface area contributed by atoms with Gasteiger partial charge in [0.1, 0.15) is 0 Å². The van der Waals surface area contributed by atoms with E-state index in [9.17, 15) is 0 Å². The summed E-state index contributed by atoms with van der Waals surface area (Å²) in [7, 11) is 0. The van der Waals surface area contributed by atoms with Gasteiger partial charge in [0.2, 0.25) is 0 Å². The van der Waals surface area contributed by atoms with Gasteiger partial charge in [-0.25, -0.2) is 0 Å². The van der Waals surface area contributed by atoms with Crippen molar-refractivity contribution in [3.8, 4) is 0 Å². The molecule has 19 heavy (non-hydrogen) atoms. The summed E-state index contributed by atoms with van der Waals surface area (Å²) >= 11 is 0. The van der Waals surface area contributed by atoms with Crippen molar-refractivity contribution in [1.29, 1.82) is 0 Å². The Morgan fingerprint density at radius 2 is 1.95 bits per heavy atom. The Morgan fingerprint density at radius 1 is 1.16 bits per heavy atom. The first kappa shape index (κ1) is 11.9. The number of morpholine rings is 1. The van der Waals surface area contributed by atoms with Crippen LogP contribution in [-0.4, -0.2) is 54.7 Å². The lowest BCUT2D eigenvalue weighted by molar-refractivity contribution is -0.100. The molecule has 1 aromatic rings. The van der Waals surface area contributed by atoms with Gasteiger partial charge in [0.15, 0.2) is 0 Å². The van der Waals surface area contributed by atoms with Crippen molar-refractivity contribution in [3.63, 3.8) is 0 Å². The Bertz CT molecular complexity index is 402. The number of ether oxygens (including phenoxy) is 1. The van der Waals surface area contributed by atoms with Gasteiger partial charge in [-0.05, 0) is 24.8 Å². The second-order valence-corrected chi connectivity index (χ2v) is 6.31. The van der Waals surface area contributed by atoms with Crippen molar-refractivity contribution < 1.29 is 9.15 Å². The average Bonchev–Trinajstić information content (AvgIpc) is 3.05. The van der Waals surface area contributed by atoms with Gasteiger partial charge in [-0.1, -0.05) is 0 Å². The van der Waals surface area contributed by atoms with Crippen LogP contribution in [0, 0.1) is 5.92 Å². The molecule has 2 atom stereocenters. The molecule has 2 saturated heterocycles. The Hall–Kier alpha value is -0.840. The van der Waals surface area contributed by atoms with Crippen LogP contribution in [-0.2, 0) is 11.3 Å². The van der Waals surface area contributed by atoms with Crippen LogP contribution in [0.3, 0.4) is 0 Å². The van der Waals surface area contributed by atoms with Crippen LogP contribution in [0.2, 0.25) is 0 Å². The minimum Gasteiger partial charge on any atom is -0.472 e. The molecule has 0 aromatic carbocycles. The predicted molar refractivity (Wildman–Crippen MR) is 71.8 cm³/mol. The molecular weight excluding hydrogens is 240 g/mol. The maximum absolute atomic E-state index is 5.77. The zero-order valence-electron chi connectivity index (χ0n) is 11.3. The Kier molecular flexibility index (Phi) is 3.10. The molecule has 2 aliphatic heterocycles. The fourth-order valence-electron chi connectivity index (χ4n) is 3.48. The Labute approximate surface area is 114 Å². The van der Waals surface area contributed by atoms with Crippen LogP contribution >= 0.6 is 0 Å². The van der Waals surface area contributed by atoms with E-state index in [2.05, 4.69) is 15.9 Å². The fraction of sp³-hybridized carbons (Fsp3) is 0.733. The van der Waals surface area contributed by atoms with Crippen molar-refractivity contribution in [2.24, 2.45) is 5.92 Å². The van der Waals surface area contributed by atoms with E-state index in [-0.39, 0.29) is 0 Å². The highest BCUT2D eigenvalue weighted by Gasteiger charge is 2.40. The van der Waals surface area contributed by atoms with E-state index >= 15 is 0 Å². The quantitative estimate of drug-likeness (QED) is 0.823. The highest BCUT2D eigenvalue weighted by molar-refractivity contribution is 5.06. The van der Waals surface area contributed by atoms with E-state index in [0.29, 0.717) is 12.1 Å². The second-order valence-electron chi connectivity index (χ2n) is 6.31. The minimum atomic E-state index is 0.597. The van der Waals surface area contributed by atoms with Crippen LogP contribution in [0.25, 0.3) is 0 Å². The summed E-state index contributed by atoms with van der Waals surface area (Å²) < 4.78 is 10.9. The molecule has 4 nitrogen and oxygen atoms in total. The lowest BCUT2D eigenvalue weighted by Crippen LogP contribution is -2.64. The molecule has 0 spiro atoms. The minimum absolute atomic E-state index is 0.597. The van der Waals surface area contributed by atoms with Gasteiger partial charge in [-0.15, -0.1) is 0 Å². The number of hydrogen-bond donors (Lipinski definition) is 0. The van der Waals surface area contributed by atoms with E-state index in [0.717, 1.165) is 38.8 Å². The summed E-state index contributed by atoms with van der Waals surface area (Å²) in [4.78, 5) is 5.29. The standard InChI is InChI=1S/C15H22N2O2/c1-2-12(1)6-17-14-7-16(5-13-3-4-18-9-13)8-15(17)11-19-10-14/h3-4,9,12,14-15H,1-2,5-8,10-11H2. The molecule has 2 bridgehead atoms. The fourth-order valence-corrected chi connectivity index (χ4v) is 3.48. The number of fused-ring (bicyclic) bond motifs is 2. The zero-order chi connectivity index (χ0) is 12.7. The molecule has 4 heteroatoms. The highest BCUT2D eigenvalue weighted by atomic mass is 16.5. The number of nitrogens with zero attached hydrogens (tertiary/aromatic N) is 2. The lowest BCUT2D eigenvalue weighted by atomic mass is 10.0. The summed E-state index contributed by atoms with van der Waals surface area (Å²) in [6, 6.07) is 3.27. The zero-order valence-corrected chi connectivity index (χ0v) is 11.3. The van der Waals surface area contributed by atoms with Crippen LogP contribution in [0.15, 0.2) is 23.0 Å². The number of piperazine rings is 1. The Morgan fingerprint density at radius 3 is 2.58 bits per heavy atom. The number of hydrogen-bond acceptors (Lipinski definition) is 4. The summed E-state index contributed by atoms with van der Waals surface area (Å²) in [5, 5.41) is 0. The van der Waals surface area contributed by atoms with Crippen molar-refractivity contribution in [3.05, 3.63) is 24.2 Å². The summed E-state index contributed by atoms with van der Waals surface area (Å²) in [6.07, 6.45) is 6.51. The lowest BCUT2D eigenvalue weighted by Gasteiger charge is -2.50. The first-order valence-corrected chi connectivity index (χ1v) is 7.45. The van der Waals surface area contributed by atoms with Gasteiger partial charge in [0.05, 0.1) is 25.7 Å². The van der Waals surface area contributed by atoms with Gasteiger partial charge in [-0.2, -0.15) is 0 Å². The van der Waals surface area contributed by atoms with Gasteiger partial charge >= 0.3 is 0 Å². The molecule has 2 unspecified atom stereocenters. The summed E-state index contributed by atoms with van der Waals surface area (Å²) in [5.74, 6) is 0.975. The molecule has 0 N–H and O–H groups in total. The summed E-state index contributed by atoms with van der Waals surface area (Å²) in [6.45, 7) is 6.40. The van der Waals surface area contributed by atoms with E-state index in [1.54, 1.807) is 6.26 Å². The molecule has 4 rings (SSSR count). The monoisotopic (exact) mass is 262 g/mol. The van der Waals surface area contributed by atoms with Crippen molar-refractivity contribution in [1.82, 2.24) is 9.80 Å². The van der Waals surface area contributed by atoms with Crippen molar-refractivity contribution in [2.45, 2.75) is 31.5 Å². The van der Waals surface area contributed by atoms with Crippen LogP contribution in [0.1, 0.15) is 18.4 Å². The number of rotatable bonds is 4. The number of furan rings is 1. The van der Waals surface area contributed by atoms with E-state index < -0.39 is 0 Å². The predicted octanol–water partition coefficient (Wildman–Crippen LogP) is 1.57. The van der Waals surface area contributed by atoms with Crippen LogP contribution in [0.5, 0.6) is 0 Å². The van der Waals surface area contributed by atoms with E-state index in [1.165, 1.54) is 24.9 Å². The molecule has 1 aromatic heterocycles. The molecule has 3 heterocycles. The van der Waals surface area contributed by atoms with E-state index in [4.69, 9.17) is 9.15 Å². The maximum Gasteiger partial charge on any atom is 0.0947 e. The first-order valence-electron chi connectivity index (χ1n) is 7.45. The first-order chi connectivity index (χ1) is 9.38. The van der Waals surface area contributed by atoms with Gasteiger partial charge in [-0.3, -0.25) is 9.80 Å². The molecule has 3 fully saturated rings. The SMILES string of the molecule is c1cc(CN2CC3COCC(C2)N3CC2CC2)co1. The topological polar surface area (TPSA) is 28.9 Å². The van der Waals surface area contributed by atoms with Gasteiger partial charge in [0, 0.05) is 43.8 Å². The Balaban J connectivity index is 1.42. The summed E-state index contributed by atoms with van der Waals surface area (Å²) in [5.41, 5.74) is 1.29. The molecule has 1 saturated carbocycles. The van der Waals surface area contributed by atoms with Gasteiger partial charge < -0.3 is 9.15 Å². The third kappa shape index (κ3) is 2.57. The van der Waals surface area contributed by atoms with E-state index in [1.807, 2.05) is 6.26 Å². The normalized spacial score (nSPS) is 32.6. The molecule has 1 aliphatic carbocycles. The third-order valence-corrected chi connectivity index (χ3v) is 4.65. The maximum atomic E-state index is 5.77. The van der Waals surface area contributed by atoms with Gasteiger partial charge in [0.25, 0.3) is 0 Å². The highest BCUT2D eigenvalue weighted by Crippen LogP contribution is 2.33. The molecule has 3 aliphatic rings. The van der Waals surface area contributed by atoms with Crippen LogP contribution in [0.4, 0.5) is 0 Å². The molecule has 0 radical (unpaired) electrons. The van der Waals surface area contributed by atoms with Crippen molar-refractivity contribution in [2.75, 3.05) is 32.8 Å². The second kappa shape index (κ2) is 4.93. The van der Waals surface area contributed by atoms with Crippen LogP contribution < -0.4 is 0 Å². The smallest absolute Gasteiger partial charge is 0.0947 e. The third-order valence-electron chi connectivity index (χ3n) is 4.65. The average molecular weight is 262 g/mol. The molecular formula is C15H22N2O2.